The maximum Gasteiger partial charge on any atom is 0.317 e. The summed E-state index contributed by atoms with van der Waals surface area (Å²) in [5, 5.41) is 0. The molecule has 2 spiro atoms. The molecule has 7 nitrogen and oxygen atoms in total. The number of ketones is 1. The Hall–Kier alpha value is -2.05. The van der Waals surface area contributed by atoms with E-state index in [4.69, 9.17) is 9.47 Å². The highest BCUT2D eigenvalue weighted by Crippen LogP contribution is 2.75. The molecule has 7 rings (SSSR count). The predicted molar refractivity (Wildman–Crippen MR) is 87.7 cm³/mol. The number of hydrogen-bond donors (Lipinski definition) is 0. The molecular weight excluding hydrogens is 364 g/mol. The zero-order valence-electron chi connectivity index (χ0n) is 15.2. The smallest absolute Gasteiger partial charge is 0.317 e. The van der Waals surface area contributed by atoms with E-state index in [1.165, 1.54) is 0 Å². The average Bonchev–Trinajstić information content (AvgIpc) is 3.46. The number of carbonyl (C=O) groups is 5. The van der Waals surface area contributed by atoms with Gasteiger partial charge < -0.3 is 9.47 Å². The summed E-state index contributed by atoms with van der Waals surface area (Å²) in [4.78, 5) is 62.8. The number of cyclic esters (lactones) is 4. The fraction of sp³-hybridized carbons (Fsp3) is 0.762. The van der Waals surface area contributed by atoms with Crippen molar-refractivity contribution in [2.45, 2.75) is 38.5 Å². The van der Waals surface area contributed by atoms with Crippen molar-refractivity contribution in [3.8, 4) is 0 Å². The molecule has 5 saturated carbocycles. The maximum absolute atomic E-state index is 14.0. The highest BCUT2D eigenvalue weighted by molar-refractivity contribution is 6.02. The fourth-order valence-electron chi connectivity index (χ4n) is 9.16. The number of hydrogen-bond acceptors (Lipinski definition) is 7. The monoisotopic (exact) mass is 384 g/mol. The predicted octanol–water partition coefficient (Wildman–Crippen LogP) is 1.03. The van der Waals surface area contributed by atoms with E-state index in [1.807, 2.05) is 0 Å². The van der Waals surface area contributed by atoms with Crippen LogP contribution in [0.15, 0.2) is 0 Å². The van der Waals surface area contributed by atoms with Crippen molar-refractivity contribution < 1.29 is 33.4 Å². The van der Waals surface area contributed by atoms with Gasteiger partial charge in [-0.2, -0.15) is 0 Å². The molecule has 28 heavy (non-hydrogen) atoms. The summed E-state index contributed by atoms with van der Waals surface area (Å²) in [6, 6.07) is 0. The Kier molecular flexibility index (Phi) is 2.49. The average molecular weight is 384 g/mol. The Morgan fingerprint density at radius 3 is 1.43 bits per heavy atom. The third-order valence-electron chi connectivity index (χ3n) is 9.85. The van der Waals surface area contributed by atoms with E-state index in [9.17, 15) is 24.0 Å². The largest absolute Gasteiger partial charge is 0.393 e. The molecule has 0 aromatic rings. The number of esters is 4. The topological polar surface area (TPSA) is 104 Å². The van der Waals surface area contributed by atoms with Gasteiger partial charge in [0.2, 0.25) is 0 Å². The van der Waals surface area contributed by atoms with Crippen LogP contribution in [0.25, 0.3) is 0 Å². The van der Waals surface area contributed by atoms with Gasteiger partial charge in [0.15, 0.2) is 0 Å². The summed E-state index contributed by atoms with van der Waals surface area (Å²) in [6.07, 6.45) is 4.27. The van der Waals surface area contributed by atoms with Crippen LogP contribution >= 0.6 is 0 Å². The normalized spacial score (nSPS) is 57.6. The third-order valence-corrected chi connectivity index (χ3v) is 9.85. The van der Waals surface area contributed by atoms with E-state index in [0.717, 1.165) is 25.7 Å². The number of Topliss-reactive ketones (excluding diaryl/α,β-unsaturated/α-hetero) is 1. The molecule has 0 amide bonds. The van der Waals surface area contributed by atoms with E-state index < -0.39 is 46.5 Å². The summed E-state index contributed by atoms with van der Waals surface area (Å²) >= 11 is 0. The molecule has 0 radical (unpaired) electrons. The van der Waals surface area contributed by atoms with Crippen LogP contribution in [0.2, 0.25) is 0 Å². The van der Waals surface area contributed by atoms with Crippen molar-refractivity contribution in [3.05, 3.63) is 0 Å². The molecule has 4 bridgehead atoms. The highest BCUT2D eigenvalue weighted by Gasteiger charge is 2.78. The fourth-order valence-corrected chi connectivity index (χ4v) is 9.16. The van der Waals surface area contributed by atoms with Crippen LogP contribution in [0, 0.1) is 58.2 Å². The lowest BCUT2D eigenvalue weighted by Crippen LogP contribution is -2.48. The molecule has 2 heterocycles. The lowest BCUT2D eigenvalue weighted by molar-refractivity contribution is -0.156. The van der Waals surface area contributed by atoms with Gasteiger partial charge >= 0.3 is 23.9 Å². The summed E-state index contributed by atoms with van der Waals surface area (Å²) < 4.78 is 9.82. The van der Waals surface area contributed by atoms with Crippen LogP contribution in [-0.4, -0.2) is 29.7 Å². The zero-order valence-corrected chi connectivity index (χ0v) is 15.2. The molecule has 0 N–H and O–H groups in total. The first-order valence-corrected chi connectivity index (χ1v) is 10.4. The number of rotatable bonds is 0. The lowest BCUT2D eigenvalue weighted by Gasteiger charge is -2.41. The van der Waals surface area contributed by atoms with Crippen molar-refractivity contribution >= 4 is 29.7 Å². The standard InChI is InChI=1S/C21H20O7/c22-15-11-7-3-9(13(11)17(24)27-15)20(5-7)1-2-21(19(20)26)6-8-4-10(21)14-12(8)16(23)28-18(14)25/h7-14H,1-6H2/t7-,8-,9-,10?,11-,12?,13?,14+,20+,21-/m0/s1. The number of ether oxygens (including phenoxy) is 2. The first-order chi connectivity index (χ1) is 13.4. The van der Waals surface area contributed by atoms with E-state index in [-0.39, 0.29) is 41.3 Å². The molecule has 7 heteroatoms. The molecule has 7 aliphatic rings. The minimum Gasteiger partial charge on any atom is -0.393 e. The van der Waals surface area contributed by atoms with Gasteiger partial charge in [-0.15, -0.1) is 0 Å². The first kappa shape index (κ1) is 15.8. The number of carbonyl (C=O) groups excluding carboxylic acids is 5. The van der Waals surface area contributed by atoms with Gasteiger partial charge in [-0.25, -0.2) is 0 Å². The highest BCUT2D eigenvalue weighted by atomic mass is 16.6. The van der Waals surface area contributed by atoms with Gasteiger partial charge in [-0.1, -0.05) is 0 Å². The minimum absolute atomic E-state index is 0.0532. The Labute approximate surface area is 160 Å². The van der Waals surface area contributed by atoms with Crippen LogP contribution in [0.5, 0.6) is 0 Å². The van der Waals surface area contributed by atoms with Gasteiger partial charge in [0.05, 0.1) is 23.7 Å². The summed E-state index contributed by atoms with van der Waals surface area (Å²) in [5.41, 5.74) is -1.11. The molecule has 2 saturated heterocycles. The summed E-state index contributed by atoms with van der Waals surface area (Å²) in [5.74, 6) is -3.28. The summed E-state index contributed by atoms with van der Waals surface area (Å²) in [7, 11) is 0. The Morgan fingerprint density at radius 2 is 1.00 bits per heavy atom. The van der Waals surface area contributed by atoms with E-state index in [2.05, 4.69) is 0 Å². The van der Waals surface area contributed by atoms with Gasteiger partial charge in [-0.3, -0.25) is 24.0 Å². The second-order valence-electron chi connectivity index (χ2n) is 10.3. The molecule has 10 atom stereocenters. The van der Waals surface area contributed by atoms with Crippen LogP contribution in [0.3, 0.4) is 0 Å². The van der Waals surface area contributed by atoms with Gasteiger partial charge in [0.25, 0.3) is 0 Å². The van der Waals surface area contributed by atoms with Crippen LogP contribution < -0.4 is 0 Å². The Balaban J connectivity index is 1.27. The first-order valence-electron chi connectivity index (χ1n) is 10.4. The maximum atomic E-state index is 14.0. The van der Waals surface area contributed by atoms with Crippen molar-refractivity contribution in [1.82, 2.24) is 0 Å². The van der Waals surface area contributed by atoms with Gasteiger partial charge in [0, 0.05) is 10.8 Å². The molecular formula is C21H20O7. The molecule has 7 fully saturated rings. The Bertz CT molecular complexity index is 850. The third kappa shape index (κ3) is 1.40. The molecule has 0 aromatic carbocycles. The molecule has 5 aliphatic carbocycles. The van der Waals surface area contributed by atoms with Crippen LogP contribution in [-0.2, 0) is 33.4 Å². The SMILES string of the molecule is O=C1OC(=O)[C@H]2C1[C@H]1CC2[C@]2(CC[C@]3(C[C@@H]4C[C@H]3C3C(=O)OC(=O)[C@H]34)C2=O)C1. The second-order valence-corrected chi connectivity index (χ2v) is 10.3. The van der Waals surface area contributed by atoms with E-state index in [1.54, 1.807) is 0 Å². The van der Waals surface area contributed by atoms with Crippen molar-refractivity contribution in [3.63, 3.8) is 0 Å². The van der Waals surface area contributed by atoms with Crippen LogP contribution in [0.4, 0.5) is 0 Å². The minimum atomic E-state index is -0.554. The van der Waals surface area contributed by atoms with E-state index >= 15 is 0 Å². The van der Waals surface area contributed by atoms with Crippen molar-refractivity contribution in [2.75, 3.05) is 0 Å². The van der Waals surface area contributed by atoms with Gasteiger partial charge in [-0.05, 0) is 62.2 Å². The lowest BCUT2D eigenvalue weighted by atomic mass is 9.58. The Morgan fingerprint density at radius 1 is 0.607 bits per heavy atom. The second kappa shape index (κ2) is 4.41. The van der Waals surface area contributed by atoms with Gasteiger partial charge in [0.1, 0.15) is 5.78 Å². The number of fused-ring (bicyclic) bond motifs is 12. The summed E-state index contributed by atoms with van der Waals surface area (Å²) in [6.45, 7) is 0. The zero-order chi connectivity index (χ0) is 19.2. The van der Waals surface area contributed by atoms with E-state index in [0.29, 0.717) is 12.8 Å². The molecule has 146 valence electrons. The van der Waals surface area contributed by atoms with Crippen molar-refractivity contribution in [1.29, 1.82) is 0 Å². The quantitative estimate of drug-likeness (QED) is 0.454. The molecule has 0 aromatic heterocycles. The van der Waals surface area contributed by atoms with Crippen molar-refractivity contribution in [2.24, 2.45) is 58.2 Å². The van der Waals surface area contributed by atoms with Crippen LogP contribution in [0.1, 0.15) is 38.5 Å². The molecule has 2 aliphatic heterocycles. The molecule has 3 unspecified atom stereocenters.